The maximum absolute atomic E-state index is 12.4. The third-order valence-corrected chi connectivity index (χ3v) is 4.87. The predicted octanol–water partition coefficient (Wildman–Crippen LogP) is 0.698. The Balaban J connectivity index is 1.46. The van der Waals surface area contributed by atoms with Crippen molar-refractivity contribution < 1.29 is 14.7 Å². The molecule has 2 aromatic rings. The van der Waals surface area contributed by atoms with E-state index in [1.807, 2.05) is 18.2 Å². The van der Waals surface area contributed by atoms with Crippen LogP contribution in [0.3, 0.4) is 0 Å². The molecule has 7 nitrogen and oxygen atoms in total. The third kappa shape index (κ3) is 3.92. The molecule has 1 aliphatic heterocycles. The average molecular weight is 356 g/mol. The van der Waals surface area contributed by atoms with Crippen molar-refractivity contribution >= 4 is 22.8 Å². The van der Waals surface area contributed by atoms with E-state index >= 15 is 0 Å². The van der Waals surface area contributed by atoms with Crippen LogP contribution in [0.25, 0.3) is 10.9 Å². The molecular weight excluding hydrogens is 334 g/mol. The molecule has 0 spiro atoms. The van der Waals surface area contributed by atoms with Gasteiger partial charge in [0, 0.05) is 19.5 Å². The van der Waals surface area contributed by atoms with Crippen molar-refractivity contribution in [1.82, 2.24) is 14.5 Å². The van der Waals surface area contributed by atoms with Gasteiger partial charge in [-0.1, -0.05) is 18.6 Å². The number of nitrogens with zero attached hydrogens (tertiary/aromatic N) is 3. The second-order valence-corrected chi connectivity index (χ2v) is 6.64. The van der Waals surface area contributed by atoms with Gasteiger partial charge < -0.3 is 14.8 Å². The van der Waals surface area contributed by atoms with Gasteiger partial charge in [0.1, 0.15) is 0 Å². The van der Waals surface area contributed by atoms with Gasteiger partial charge in [-0.25, -0.2) is 4.98 Å². The van der Waals surface area contributed by atoms with Gasteiger partial charge in [-0.15, -0.1) is 0 Å². The van der Waals surface area contributed by atoms with Crippen molar-refractivity contribution in [3.8, 4) is 0 Å². The summed E-state index contributed by atoms with van der Waals surface area (Å²) in [5, 5.41) is 11.6. The van der Waals surface area contributed by atoms with E-state index in [1.165, 1.54) is 4.90 Å². The van der Waals surface area contributed by atoms with Crippen LogP contribution in [-0.4, -0.2) is 38.9 Å². The molecule has 1 aromatic heterocycles. The quantitative estimate of drug-likeness (QED) is 0.681. The molecule has 7 heteroatoms. The number of fused-ring (bicyclic) bond motifs is 1. The molecule has 0 saturated carbocycles. The number of hydrogen-bond donors (Lipinski definition) is 0. The molecule has 0 aliphatic carbocycles. The molecule has 3 rings (SSSR count). The number of carbonyl (C=O) groups excluding carboxylic acids is 2. The molecule has 1 aromatic carbocycles. The van der Waals surface area contributed by atoms with Crippen LogP contribution < -0.4 is 10.7 Å². The van der Waals surface area contributed by atoms with E-state index in [9.17, 15) is 19.5 Å². The van der Waals surface area contributed by atoms with Gasteiger partial charge in [-0.05, 0) is 37.8 Å². The number of carboxylic acids is 1. The summed E-state index contributed by atoms with van der Waals surface area (Å²) >= 11 is 0. The minimum absolute atomic E-state index is 0.0551. The number of aliphatic carboxylic acids is 1. The number of aromatic nitrogens is 2. The van der Waals surface area contributed by atoms with Crippen molar-refractivity contribution in [3.05, 3.63) is 40.9 Å². The molecule has 0 unspecified atom stereocenters. The minimum Gasteiger partial charge on any atom is -0.548 e. The molecule has 26 heavy (non-hydrogen) atoms. The maximum atomic E-state index is 12.4. The Bertz CT molecular complexity index is 861. The largest absolute Gasteiger partial charge is 0.548 e. The van der Waals surface area contributed by atoms with Gasteiger partial charge >= 0.3 is 0 Å². The summed E-state index contributed by atoms with van der Waals surface area (Å²) < 4.78 is 1.59. The number of rotatable bonds is 7. The number of amides is 1. The van der Waals surface area contributed by atoms with Gasteiger partial charge in [0.2, 0.25) is 5.91 Å². The highest BCUT2D eigenvalue weighted by atomic mass is 16.4. The van der Waals surface area contributed by atoms with Crippen LogP contribution in [0.2, 0.25) is 0 Å². The molecule has 1 amide bonds. The van der Waals surface area contributed by atoms with Crippen LogP contribution in [0.1, 0.15) is 38.5 Å². The fourth-order valence-electron chi connectivity index (χ4n) is 3.45. The molecular formula is C19H22N3O4-. The van der Waals surface area contributed by atoms with E-state index in [4.69, 9.17) is 0 Å². The van der Waals surface area contributed by atoms with Gasteiger partial charge in [0.25, 0.3) is 5.56 Å². The first-order chi connectivity index (χ1) is 12.6. The molecule has 1 aliphatic rings. The average Bonchev–Trinajstić information content (AvgIpc) is 3.13. The van der Waals surface area contributed by atoms with Crippen LogP contribution in [0.4, 0.5) is 0 Å². The summed E-state index contributed by atoms with van der Waals surface area (Å²) in [5.74, 6) is -1.29. The lowest BCUT2D eigenvalue weighted by molar-refractivity contribution is -0.310. The molecule has 0 radical (unpaired) electrons. The summed E-state index contributed by atoms with van der Waals surface area (Å²) in [4.78, 5) is 41.3. The fraction of sp³-hybridized carbons (Fsp3) is 0.474. The predicted molar refractivity (Wildman–Crippen MR) is 94.2 cm³/mol. The Kier molecular flexibility index (Phi) is 5.65. The summed E-state index contributed by atoms with van der Waals surface area (Å²) in [6.45, 7) is 1.05. The van der Waals surface area contributed by atoms with Crippen LogP contribution in [0.5, 0.6) is 0 Å². The Labute approximate surface area is 151 Å². The van der Waals surface area contributed by atoms with E-state index < -0.39 is 12.0 Å². The zero-order valence-corrected chi connectivity index (χ0v) is 14.6. The zero-order chi connectivity index (χ0) is 18.5. The summed E-state index contributed by atoms with van der Waals surface area (Å²) in [6, 6.07) is 6.47. The van der Waals surface area contributed by atoms with Crippen LogP contribution in [0, 0.1) is 0 Å². The van der Waals surface area contributed by atoms with Crippen molar-refractivity contribution in [3.63, 3.8) is 0 Å². The van der Waals surface area contributed by atoms with Crippen molar-refractivity contribution in [1.29, 1.82) is 0 Å². The lowest BCUT2D eigenvalue weighted by atomic mass is 10.1. The monoisotopic (exact) mass is 356 g/mol. The number of para-hydroxylation sites is 1. The molecule has 138 valence electrons. The first kappa shape index (κ1) is 18.1. The SMILES string of the molecule is O=C([O-])[C@H]1CCCN1C(=O)CCCCCn1cnc2ccccc2c1=O. The highest BCUT2D eigenvalue weighted by molar-refractivity contribution is 5.83. The Morgan fingerprint density at radius 2 is 2.00 bits per heavy atom. The number of carboxylic acid groups (broad SMARTS) is 1. The minimum atomic E-state index is -1.17. The zero-order valence-electron chi connectivity index (χ0n) is 14.6. The van der Waals surface area contributed by atoms with E-state index in [0.29, 0.717) is 49.7 Å². The normalized spacial score (nSPS) is 16.9. The van der Waals surface area contributed by atoms with Crippen molar-refractivity contribution in [2.24, 2.45) is 0 Å². The second kappa shape index (κ2) is 8.12. The van der Waals surface area contributed by atoms with Crippen molar-refractivity contribution in [2.45, 2.75) is 51.1 Å². The van der Waals surface area contributed by atoms with Gasteiger partial charge in [-0.2, -0.15) is 0 Å². The van der Waals surface area contributed by atoms with E-state index in [0.717, 1.165) is 12.8 Å². The van der Waals surface area contributed by atoms with Crippen LogP contribution in [-0.2, 0) is 16.1 Å². The topological polar surface area (TPSA) is 95.3 Å². The number of benzene rings is 1. The lowest BCUT2D eigenvalue weighted by Gasteiger charge is -2.25. The maximum Gasteiger partial charge on any atom is 0.261 e. The van der Waals surface area contributed by atoms with Gasteiger partial charge in [-0.3, -0.25) is 14.2 Å². The Morgan fingerprint density at radius 3 is 2.81 bits per heavy atom. The highest BCUT2D eigenvalue weighted by Gasteiger charge is 2.28. The van der Waals surface area contributed by atoms with E-state index in [1.54, 1.807) is 17.0 Å². The highest BCUT2D eigenvalue weighted by Crippen LogP contribution is 2.18. The molecule has 2 heterocycles. The molecule has 0 bridgehead atoms. The smallest absolute Gasteiger partial charge is 0.261 e. The first-order valence-electron chi connectivity index (χ1n) is 9.02. The van der Waals surface area contributed by atoms with E-state index in [2.05, 4.69) is 4.98 Å². The van der Waals surface area contributed by atoms with Crippen LogP contribution >= 0.6 is 0 Å². The van der Waals surface area contributed by atoms with Crippen molar-refractivity contribution in [2.75, 3.05) is 6.54 Å². The molecule has 1 saturated heterocycles. The number of hydrogen-bond acceptors (Lipinski definition) is 5. The third-order valence-electron chi connectivity index (χ3n) is 4.87. The van der Waals surface area contributed by atoms with Gasteiger partial charge in [0.15, 0.2) is 0 Å². The fourth-order valence-corrected chi connectivity index (χ4v) is 3.45. The van der Waals surface area contributed by atoms with Crippen LogP contribution in [0.15, 0.2) is 35.4 Å². The molecule has 0 N–H and O–H groups in total. The number of carbonyl (C=O) groups is 2. The van der Waals surface area contributed by atoms with E-state index in [-0.39, 0.29) is 11.5 Å². The first-order valence-corrected chi connectivity index (χ1v) is 9.02. The number of unbranched alkanes of at least 4 members (excludes halogenated alkanes) is 2. The number of aryl methyl sites for hydroxylation is 1. The Hall–Kier alpha value is -2.70. The Morgan fingerprint density at radius 1 is 1.19 bits per heavy atom. The summed E-state index contributed by atoms with van der Waals surface area (Å²) in [7, 11) is 0. The standard InChI is InChI=1S/C19H23N3O4/c23-17(22-12-6-9-16(22)19(25)26)10-2-1-5-11-21-13-20-15-8-4-3-7-14(15)18(21)24/h3-4,7-8,13,16H,1-2,5-6,9-12H2,(H,25,26)/p-1/t16-/m1/s1. The lowest BCUT2D eigenvalue weighted by Crippen LogP contribution is -2.46. The summed E-state index contributed by atoms with van der Waals surface area (Å²) in [6.07, 6.45) is 5.30. The summed E-state index contributed by atoms with van der Waals surface area (Å²) in [5.41, 5.74) is 0.632. The second-order valence-electron chi connectivity index (χ2n) is 6.64. The van der Waals surface area contributed by atoms with Gasteiger partial charge in [0.05, 0.1) is 29.2 Å². The molecule has 1 atom stereocenters. The number of likely N-dealkylation sites (tertiary alicyclic amines) is 1. The molecule has 1 fully saturated rings.